The van der Waals surface area contributed by atoms with E-state index in [0.29, 0.717) is 36.9 Å². The van der Waals surface area contributed by atoms with Crippen LogP contribution < -0.4 is 19.7 Å². The summed E-state index contributed by atoms with van der Waals surface area (Å²) < 4.78 is 16.4. The third-order valence-corrected chi connectivity index (χ3v) is 5.83. The molecule has 1 aromatic heterocycles. The van der Waals surface area contributed by atoms with Gasteiger partial charge in [0.2, 0.25) is 0 Å². The minimum atomic E-state index is -0.128. The van der Waals surface area contributed by atoms with Crippen LogP contribution in [0.2, 0.25) is 0 Å². The summed E-state index contributed by atoms with van der Waals surface area (Å²) in [5.41, 5.74) is 4.14. The zero-order chi connectivity index (χ0) is 21.8. The smallest absolute Gasteiger partial charge is 0.254 e. The van der Waals surface area contributed by atoms with Gasteiger partial charge in [-0.15, -0.1) is 0 Å². The minimum absolute atomic E-state index is 0.128. The van der Waals surface area contributed by atoms with Gasteiger partial charge < -0.3 is 24.1 Å². The number of nitrogens with one attached hydrogen (secondary N) is 1. The second-order valence-corrected chi connectivity index (χ2v) is 7.75. The maximum absolute atomic E-state index is 12.8. The van der Waals surface area contributed by atoms with Crippen LogP contribution in [0.15, 0.2) is 59.2 Å². The fraction of sp³-hybridized carbons (Fsp3) is 0.320. The second kappa shape index (κ2) is 9.16. The number of carbonyl (C=O) groups excluding carboxylic acids is 1. The highest BCUT2D eigenvalue weighted by Crippen LogP contribution is 2.33. The van der Waals surface area contributed by atoms with Gasteiger partial charge in [-0.25, -0.2) is 0 Å². The Morgan fingerprint density at radius 2 is 2.00 bits per heavy atom. The number of methoxy groups -OCH3 is 2. The SMILES string of the molecule is COc1ccc(CCNC(=O)c2ccoc2CN2c3ccccc3CC2C)c(OC)c1. The number of furan rings is 1. The van der Waals surface area contributed by atoms with Crippen LogP contribution >= 0.6 is 0 Å². The predicted molar refractivity (Wildman–Crippen MR) is 120 cm³/mol. The lowest BCUT2D eigenvalue weighted by Crippen LogP contribution is -2.31. The van der Waals surface area contributed by atoms with Crippen molar-refractivity contribution in [1.82, 2.24) is 5.32 Å². The summed E-state index contributed by atoms with van der Waals surface area (Å²) in [6.45, 7) is 3.26. The first-order valence-corrected chi connectivity index (χ1v) is 10.5. The molecule has 3 aromatic rings. The van der Waals surface area contributed by atoms with Crippen molar-refractivity contribution in [2.75, 3.05) is 25.7 Å². The molecule has 0 spiro atoms. The summed E-state index contributed by atoms with van der Waals surface area (Å²) in [5, 5.41) is 3.00. The number of amides is 1. The first-order valence-electron chi connectivity index (χ1n) is 10.5. The molecular weight excluding hydrogens is 392 g/mol. The number of ether oxygens (including phenoxy) is 2. The Morgan fingerprint density at radius 3 is 2.81 bits per heavy atom. The lowest BCUT2D eigenvalue weighted by atomic mass is 10.1. The predicted octanol–water partition coefficient (Wildman–Crippen LogP) is 4.22. The summed E-state index contributed by atoms with van der Waals surface area (Å²) in [7, 11) is 3.25. The van der Waals surface area contributed by atoms with Gasteiger partial charge in [-0.3, -0.25) is 4.79 Å². The van der Waals surface area contributed by atoms with E-state index in [-0.39, 0.29) is 5.91 Å². The Bertz CT molecular complexity index is 1060. The number of benzene rings is 2. The van der Waals surface area contributed by atoms with Crippen molar-refractivity contribution >= 4 is 11.6 Å². The highest BCUT2D eigenvalue weighted by atomic mass is 16.5. The van der Waals surface area contributed by atoms with E-state index in [4.69, 9.17) is 13.9 Å². The number of hydrogen-bond acceptors (Lipinski definition) is 5. The van der Waals surface area contributed by atoms with Gasteiger partial charge in [-0.05, 0) is 49.1 Å². The molecule has 0 radical (unpaired) electrons. The van der Waals surface area contributed by atoms with Crippen molar-refractivity contribution in [1.29, 1.82) is 0 Å². The summed E-state index contributed by atoms with van der Waals surface area (Å²) >= 11 is 0. The maximum Gasteiger partial charge on any atom is 0.254 e. The van der Waals surface area contributed by atoms with Crippen LogP contribution in [0.3, 0.4) is 0 Å². The number of rotatable bonds is 8. The molecular formula is C25H28N2O4. The van der Waals surface area contributed by atoms with Gasteiger partial charge >= 0.3 is 0 Å². The molecule has 1 atom stereocenters. The molecule has 0 bridgehead atoms. The Morgan fingerprint density at radius 1 is 1.16 bits per heavy atom. The minimum Gasteiger partial charge on any atom is -0.497 e. The Hall–Kier alpha value is -3.41. The quantitative estimate of drug-likeness (QED) is 0.591. The van der Waals surface area contributed by atoms with Crippen molar-refractivity contribution in [3.63, 3.8) is 0 Å². The Labute approximate surface area is 182 Å². The molecule has 1 aliphatic heterocycles. The number of carbonyl (C=O) groups is 1. The number of anilines is 1. The van der Waals surface area contributed by atoms with E-state index in [9.17, 15) is 4.79 Å². The van der Waals surface area contributed by atoms with E-state index >= 15 is 0 Å². The van der Waals surface area contributed by atoms with E-state index in [0.717, 1.165) is 23.5 Å². The van der Waals surface area contributed by atoms with Gasteiger partial charge in [0.15, 0.2) is 0 Å². The third-order valence-electron chi connectivity index (χ3n) is 5.83. The molecule has 0 saturated carbocycles. The molecule has 1 aliphatic rings. The van der Waals surface area contributed by atoms with Crippen LogP contribution in [-0.4, -0.2) is 32.7 Å². The molecule has 1 amide bonds. The normalized spacial score (nSPS) is 14.9. The molecule has 2 heterocycles. The molecule has 0 aliphatic carbocycles. The largest absolute Gasteiger partial charge is 0.497 e. The van der Waals surface area contributed by atoms with E-state index in [2.05, 4.69) is 35.3 Å². The van der Waals surface area contributed by atoms with Gasteiger partial charge in [0, 0.05) is 24.3 Å². The molecule has 1 N–H and O–H groups in total. The van der Waals surface area contributed by atoms with Gasteiger partial charge in [-0.2, -0.15) is 0 Å². The summed E-state index contributed by atoms with van der Waals surface area (Å²) in [4.78, 5) is 15.1. The Kier molecular flexibility index (Phi) is 6.16. The van der Waals surface area contributed by atoms with Crippen molar-refractivity contribution in [2.24, 2.45) is 0 Å². The van der Waals surface area contributed by atoms with Crippen molar-refractivity contribution in [3.05, 3.63) is 77.2 Å². The Balaban J connectivity index is 1.40. The first-order chi connectivity index (χ1) is 15.1. The first kappa shape index (κ1) is 20.8. The van der Waals surface area contributed by atoms with Gasteiger partial charge in [0.05, 0.1) is 32.6 Å². The van der Waals surface area contributed by atoms with E-state index in [1.165, 1.54) is 11.3 Å². The molecule has 2 aromatic carbocycles. The van der Waals surface area contributed by atoms with Gasteiger partial charge in [-0.1, -0.05) is 24.3 Å². The van der Waals surface area contributed by atoms with Gasteiger partial charge in [0.1, 0.15) is 17.3 Å². The number of hydrogen-bond donors (Lipinski definition) is 1. The lowest BCUT2D eigenvalue weighted by Gasteiger charge is -2.24. The third kappa shape index (κ3) is 4.38. The van der Waals surface area contributed by atoms with Crippen LogP contribution in [0.25, 0.3) is 0 Å². The number of fused-ring (bicyclic) bond motifs is 1. The van der Waals surface area contributed by atoms with Crippen molar-refractivity contribution < 1.29 is 18.7 Å². The molecule has 162 valence electrons. The maximum atomic E-state index is 12.8. The van der Waals surface area contributed by atoms with Crippen LogP contribution in [0, 0.1) is 0 Å². The van der Waals surface area contributed by atoms with E-state index < -0.39 is 0 Å². The van der Waals surface area contributed by atoms with E-state index in [1.807, 2.05) is 24.3 Å². The lowest BCUT2D eigenvalue weighted by molar-refractivity contribution is 0.0952. The van der Waals surface area contributed by atoms with Crippen molar-refractivity contribution in [3.8, 4) is 11.5 Å². The fourth-order valence-electron chi connectivity index (χ4n) is 4.15. The molecule has 6 nitrogen and oxygen atoms in total. The number of para-hydroxylation sites is 1. The molecule has 1 unspecified atom stereocenters. The van der Waals surface area contributed by atoms with Gasteiger partial charge in [0.25, 0.3) is 5.91 Å². The zero-order valence-corrected chi connectivity index (χ0v) is 18.2. The summed E-state index contributed by atoms with van der Waals surface area (Å²) in [6, 6.07) is 16.2. The molecule has 0 fully saturated rings. The highest BCUT2D eigenvalue weighted by molar-refractivity contribution is 5.95. The van der Waals surface area contributed by atoms with Crippen LogP contribution in [0.5, 0.6) is 11.5 Å². The summed E-state index contributed by atoms with van der Waals surface area (Å²) in [6.07, 6.45) is 3.24. The standard InChI is InChI=1S/C25H28N2O4/c1-17-14-19-6-4-5-7-22(19)27(17)16-24-21(11-13-31-24)25(28)26-12-10-18-8-9-20(29-2)15-23(18)30-3/h4-9,11,13,15,17H,10,12,14,16H2,1-3H3,(H,26,28). The van der Waals surface area contributed by atoms with Crippen LogP contribution in [0.4, 0.5) is 5.69 Å². The average Bonchev–Trinajstić information content (AvgIpc) is 3.38. The molecule has 4 rings (SSSR count). The fourth-order valence-corrected chi connectivity index (χ4v) is 4.15. The average molecular weight is 421 g/mol. The molecule has 31 heavy (non-hydrogen) atoms. The van der Waals surface area contributed by atoms with Crippen LogP contribution in [0.1, 0.15) is 34.2 Å². The van der Waals surface area contributed by atoms with Crippen LogP contribution in [-0.2, 0) is 19.4 Å². The monoisotopic (exact) mass is 420 g/mol. The number of nitrogens with zero attached hydrogens (tertiary/aromatic N) is 1. The molecule has 0 saturated heterocycles. The highest BCUT2D eigenvalue weighted by Gasteiger charge is 2.27. The summed E-state index contributed by atoms with van der Waals surface area (Å²) in [5.74, 6) is 2.05. The topological polar surface area (TPSA) is 63.9 Å². The zero-order valence-electron chi connectivity index (χ0n) is 18.2. The second-order valence-electron chi connectivity index (χ2n) is 7.75. The van der Waals surface area contributed by atoms with Crippen molar-refractivity contribution in [2.45, 2.75) is 32.4 Å². The van der Waals surface area contributed by atoms with E-state index in [1.54, 1.807) is 26.5 Å². The molecule has 6 heteroatoms.